The summed E-state index contributed by atoms with van der Waals surface area (Å²) in [5.41, 5.74) is 0. The van der Waals surface area contributed by atoms with Crippen LogP contribution in [0, 0.1) is 10.1 Å². The van der Waals surface area contributed by atoms with Crippen molar-refractivity contribution in [1.29, 1.82) is 0 Å². The summed E-state index contributed by atoms with van der Waals surface area (Å²) in [5.74, 6) is -0.611. The van der Waals surface area contributed by atoms with Crippen LogP contribution in [0.3, 0.4) is 0 Å². The van der Waals surface area contributed by atoms with Crippen LogP contribution in [0.25, 0.3) is 0 Å². The molecule has 0 aromatic carbocycles. The Morgan fingerprint density at radius 2 is 2.10 bits per heavy atom. The van der Waals surface area contributed by atoms with Gasteiger partial charge in [-0.2, -0.15) is 0 Å². The zero-order chi connectivity index (χ0) is 14.8. The molecule has 21 heavy (non-hydrogen) atoms. The van der Waals surface area contributed by atoms with E-state index in [0.29, 0.717) is 19.1 Å². The highest BCUT2D eigenvalue weighted by molar-refractivity contribution is 5.92. The molecule has 2 aliphatic heterocycles. The Balaban J connectivity index is 1.62. The number of nitrogens with one attached hydrogen (secondary N) is 1. The van der Waals surface area contributed by atoms with E-state index >= 15 is 0 Å². The molecule has 1 unspecified atom stereocenters. The van der Waals surface area contributed by atoms with Gasteiger partial charge in [0.15, 0.2) is 5.76 Å². The number of nitro groups is 1. The quantitative estimate of drug-likeness (QED) is 0.637. The molecule has 1 aromatic heterocycles. The summed E-state index contributed by atoms with van der Waals surface area (Å²) in [6.07, 6.45) is 0.939. The second-order valence-corrected chi connectivity index (χ2v) is 5.37. The number of piperazine rings is 1. The number of rotatable bonds is 3. The third kappa shape index (κ3) is 2.91. The Hall–Kier alpha value is -1.93. The average molecular weight is 294 g/mol. The second kappa shape index (κ2) is 5.82. The van der Waals surface area contributed by atoms with Crippen molar-refractivity contribution in [2.45, 2.75) is 12.5 Å². The first-order valence-electron chi connectivity index (χ1n) is 7.13. The predicted octanol–water partition coefficient (Wildman–Crippen LogP) is 0.307. The highest BCUT2D eigenvalue weighted by Gasteiger charge is 2.32. The molecule has 1 amide bonds. The minimum absolute atomic E-state index is 0.0441. The van der Waals surface area contributed by atoms with Gasteiger partial charge in [0.25, 0.3) is 5.91 Å². The normalized spacial score (nSPS) is 23.4. The topological polar surface area (TPSA) is 91.9 Å². The van der Waals surface area contributed by atoms with Gasteiger partial charge in [-0.05, 0) is 12.5 Å². The van der Waals surface area contributed by atoms with E-state index in [4.69, 9.17) is 4.42 Å². The Kier molecular flexibility index (Phi) is 3.89. The Labute approximate surface area is 121 Å². The molecule has 0 saturated carbocycles. The number of likely N-dealkylation sites (tertiary alicyclic amines) is 1. The van der Waals surface area contributed by atoms with E-state index in [0.717, 1.165) is 32.6 Å². The zero-order valence-electron chi connectivity index (χ0n) is 11.7. The average Bonchev–Trinajstić information content (AvgIpc) is 3.17. The fourth-order valence-electron chi connectivity index (χ4n) is 2.97. The molecule has 0 spiro atoms. The largest absolute Gasteiger partial charge is 0.433 e. The van der Waals surface area contributed by atoms with Crippen LogP contribution in [0.1, 0.15) is 17.0 Å². The molecule has 0 aliphatic carbocycles. The van der Waals surface area contributed by atoms with Crippen LogP contribution in [0.2, 0.25) is 0 Å². The van der Waals surface area contributed by atoms with Gasteiger partial charge in [0.05, 0.1) is 6.07 Å². The SMILES string of the molecule is O=C(c1ccc([N+](=O)[O-])o1)N1CCC(N2CCNCC2)C1. The highest BCUT2D eigenvalue weighted by atomic mass is 16.6. The van der Waals surface area contributed by atoms with Gasteiger partial charge in [0, 0.05) is 45.3 Å². The summed E-state index contributed by atoms with van der Waals surface area (Å²) in [4.78, 5) is 26.4. The Morgan fingerprint density at radius 1 is 1.33 bits per heavy atom. The van der Waals surface area contributed by atoms with Crippen LogP contribution in [0.4, 0.5) is 5.88 Å². The summed E-state index contributed by atoms with van der Waals surface area (Å²) in [6.45, 7) is 5.29. The standard InChI is InChI=1S/C13H18N4O4/c18-13(11-1-2-12(21-11)17(19)20)16-6-3-10(9-16)15-7-4-14-5-8-15/h1-2,10,14H,3-9H2. The highest BCUT2D eigenvalue weighted by Crippen LogP contribution is 2.21. The van der Waals surface area contributed by atoms with Gasteiger partial charge >= 0.3 is 5.88 Å². The lowest BCUT2D eigenvalue weighted by atomic mass is 10.2. The van der Waals surface area contributed by atoms with Crippen molar-refractivity contribution >= 4 is 11.8 Å². The van der Waals surface area contributed by atoms with Crippen molar-refractivity contribution < 1.29 is 14.1 Å². The molecule has 2 aliphatic rings. The minimum Gasteiger partial charge on any atom is -0.395 e. The molecule has 114 valence electrons. The van der Waals surface area contributed by atoms with Gasteiger partial charge < -0.3 is 14.6 Å². The van der Waals surface area contributed by atoms with E-state index in [1.54, 1.807) is 4.90 Å². The lowest BCUT2D eigenvalue weighted by molar-refractivity contribution is -0.402. The van der Waals surface area contributed by atoms with Crippen molar-refractivity contribution in [3.63, 3.8) is 0 Å². The molecule has 2 fully saturated rings. The van der Waals surface area contributed by atoms with Crippen molar-refractivity contribution in [2.24, 2.45) is 0 Å². The fourth-order valence-corrected chi connectivity index (χ4v) is 2.97. The van der Waals surface area contributed by atoms with Crippen LogP contribution in [0.15, 0.2) is 16.5 Å². The Morgan fingerprint density at radius 3 is 2.76 bits per heavy atom. The van der Waals surface area contributed by atoms with E-state index in [1.165, 1.54) is 12.1 Å². The van der Waals surface area contributed by atoms with Crippen molar-refractivity contribution in [3.8, 4) is 0 Å². The fraction of sp³-hybridized carbons (Fsp3) is 0.615. The number of amides is 1. The molecule has 0 radical (unpaired) electrons. The minimum atomic E-state index is -0.635. The monoisotopic (exact) mass is 294 g/mol. The van der Waals surface area contributed by atoms with E-state index in [-0.39, 0.29) is 11.7 Å². The molecule has 8 nitrogen and oxygen atoms in total. The first-order valence-corrected chi connectivity index (χ1v) is 7.13. The molecular formula is C13H18N4O4. The zero-order valence-corrected chi connectivity index (χ0v) is 11.7. The summed E-state index contributed by atoms with van der Waals surface area (Å²) in [7, 11) is 0. The maximum atomic E-state index is 12.3. The van der Waals surface area contributed by atoms with E-state index in [1.807, 2.05) is 0 Å². The van der Waals surface area contributed by atoms with Gasteiger partial charge in [-0.25, -0.2) is 0 Å². The number of carbonyl (C=O) groups excluding carboxylic acids is 1. The van der Waals surface area contributed by atoms with E-state index < -0.39 is 10.8 Å². The van der Waals surface area contributed by atoms with Crippen molar-refractivity contribution in [1.82, 2.24) is 15.1 Å². The van der Waals surface area contributed by atoms with Crippen LogP contribution in [0.5, 0.6) is 0 Å². The molecule has 8 heteroatoms. The van der Waals surface area contributed by atoms with Crippen LogP contribution >= 0.6 is 0 Å². The van der Waals surface area contributed by atoms with Crippen LogP contribution < -0.4 is 5.32 Å². The lowest BCUT2D eigenvalue weighted by Crippen LogP contribution is -2.49. The number of hydrogen-bond acceptors (Lipinski definition) is 6. The maximum absolute atomic E-state index is 12.3. The van der Waals surface area contributed by atoms with Gasteiger partial charge in [0.1, 0.15) is 4.92 Å². The van der Waals surface area contributed by atoms with E-state index in [2.05, 4.69) is 10.2 Å². The summed E-state index contributed by atoms with van der Waals surface area (Å²) < 4.78 is 4.99. The van der Waals surface area contributed by atoms with Gasteiger partial charge in [-0.15, -0.1) is 0 Å². The Bertz CT molecular complexity index is 538. The number of hydrogen-bond donors (Lipinski definition) is 1. The molecular weight excluding hydrogens is 276 g/mol. The molecule has 1 N–H and O–H groups in total. The molecule has 3 heterocycles. The third-order valence-corrected chi connectivity index (χ3v) is 4.10. The molecule has 3 rings (SSSR count). The van der Waals surface area contributed by atoms with Crippen molar-refractivity contribution in [3.05, 3.63) is 28.0 Å². The second-order valence-electron chi connectivity index (χ2n) is 5.37. The van der Waals surface area contributed by atoms with Gasteiger partial charge in [-0.1, -0.05) is 0 Å². The maximum Gasteiger partial charge on any atom is 0.433 e. The summed E-state index contributed by atoms with van der Waals surface area (Å²) >= 11 is 0. The van der Waals surface area contributed by atoms with E-state index in [9.17, 15) is 14.9 Å². The van der Waals surface area contributed by atoms with Crippen LogP contribution in [-0.4, -0.2) is 65.9 Å². The molecule has 0 bridgehead atoms. The van der Waals surface area contributed by atoms with Gasteiger partial charge in [-0.3, -0.25) is 19.8 Å². The summed E-state index contributed by atoms with van der Waals surface area (Å²) in [5, 5.41) is 13.9. The summed E-state index contributed by atoms with van der Waals surface area (Å²) in [6, 6.07) is 2.97. The van der Waals surface area contributed by atoms with Gasteiger partial charge in [0.2, 0.25) is 0 Å². The van der Waals surface area contributed by atoms with Crippen molar-refractivity contribution in [2.75, 3.05) is 39.3 Å². The number of nitrogens with zero attached hydrogens (tertiary/aromatic N) is 3. The molecule has 1 atom stereocenters. The molecule has 1 aromatic rings. The third-order valence-electron chi connectivity index (χ3n) is 4.10. The predicted molar refractivity (Wildman–Crippen MR) is 74.1 cm³/mol. The number of furan rings is 1. The van der Waals surface area contributed by atoms with Crippen LogP contribution in [-0.2, 0) is 0 Å². The number of carbonyl (C=O) groups is 1. The smallest absolute Gasteiger partial charge is 0.395 e. The molecule has 2 saturated heterocycles. The lowest BCUT2D eigenvalue weighted by Gasteiger charge is -2.32. The first-order chi connectivity index (χ1) is 10.1. The first kappa shape index (κ1) is 14.0.